The molecule has 1 aliphatic carbocycles. The zero-order valence-electron chi connectivity index (χ0n) is 22.5. The van der Waals surface area contributed by atoms with Crippen molar-refractivity contribution in [1.82, 2.24) is 4.90 Å². The minimum absolute atomic E-state index is 0.297. The number of halogens is 1. The molecule has 6 heteroatoms. The predicted molar refractivity (Wildman–Crippen MR) is 148 cm³/mol. The molecule has 0 radical (unpaired) electrons. The number of rotatable bonds is 11. The lowest BCUT2D eigenvalue weighted by atomic mass is 9.79. The Morgan fingerprint density at radius 3 is 2.57 bits per heavy atom. The van der Waals surface area contributed by atoms with Gasteiger partial charge < -0.3 is 24.4 Å². The molecule has 3 aromatic carbocycles. The van der Waals surface area contributed by atoms with Gasteiger partial charge in [0.2, 0.25) is 0 Å². The van der Waals surface area contributed by atoms with E-state index in [2.05, 4.69) is 35.8 Å². The summed E-state index contributed by atoms with van der Waals surface area (Å²) < 4.78 is 26.1. The number of nitrogens with zero attached hydrogens (tertiary/aromatic N) is 2. The molecule has 0 unspecified atom stereocenters. The normalized spacial score (nSPS) is 14.9. The minimum atomic E-state index is -0.328. The minimum Gasteiger partial charge on any atom is -0.508 e. The predicted octanol–water partition coefficient (Wildman–Crippen LogP) is 6.17. The van der Waals surface area contributed by atoms with Crippen LogP contribution in [0.25, 0.3) is 0 Å². The average Bonchev–Trinajstić information content (AvgIpc) is 2.92. The number of phenolic OH excluding ortho intramolecular Hbond substituents is 1. The van der Waals surface area contributed by atoms with Crippen molar-refractivity contribution >= 4 is 5.69 Å². The number of ether oxygens (including phenoxy) is 2. The molecular formula is C31H39FN2O3. The molecule has 1 aliphatic rings. The molecule has 37 heavy (non-hydrogen) atoms. The van der Waals surface area contributed by atoms with Gasteiger partial charge in [-0.2, -0.15) is 0 Å². The van der Waals surface area contributed by atoms with Gasteiger partial charge in [-0.1, -0.05) is 25.1 Å². The highest BCUT2D eigenvalue weighted by Gasteiger charge is 2.25. The molecule has 3 aromatic rings. The van der Waals surface area contributed by atoms with Crippen molar-refractivity contribution in [2.75, 3.05) is 45.3 Å². The lowest BCUT2D eigenvalue weighted by Gasteiger charge is -2.32. The van der Waals surface area contributed by atoms with Crippen LogP contribution in [0.1, 0.15) is 48.4 Å². The van der Waals surface area contributed by atoms with E-state index >= 15 is 0 Å². The summed E-state index contributed by atoms with van der Waals surface area (Å²) in [4.78, 5) is 4.42. The van der Waals surface area contributed by atoms with E-state index in [0.29, 0.717) is 30.6 Å². The Morgan fingerprint density at radius 2 is 1.84 bits per heavy atom. The zero-order valence-corrected chi connectivity index (χ0v) is 22.5. The Balaban J connectivity index is 1.54. The standard InChI is InChI=1S/C31H39FN2O3/c1-5-33(3)15-16-37-31-14-7-22(17-29(31)32)21-34(6-2)30-20-27(36-4)12-13-28(30)25-9-8-24-19-26(35)11-10-23(24)18-25/h7,10-14,17,19-20,25,35H,5-6,8-9,15-16,18,21H2,1-4H3/t25-/m1/s1. The maximum Gasteiger partial charge on any atom is 0.165 e. The van der Waals surface area contributed by atoms with Crippen LogP contribution < -0.4 is 14.4 Å². The number of methoxy groups -OCH3 is 1. The number of fused-ring (bicyclic) bond motifs is 1. The summed E-state index contributed by atoms with van der Waals surface area (Å²) in [6.07, 6.45) is 2.88. The summed E-state index contributed by atoms with van der Waals surface area (Å²) in [6.45, 7) is 7.72. The maximum absolute atomic E-state index is 14.9. The van der Waals surface area contributed by atoms with Gasteiger partial charge in [-0.15, -0.1) is 0 Å². The fourth-order valence-electron chi connectivity index (χ4n) is 5.09. The molecule has 0 saturated heterocycles. The number of benzene rings is 3. The topological polar surface area (TPSA) is 45.2 Å². The van der Waals surface area contributed by atoms with Crippen LogP contribution in [0.2, 0.25) is 0 Å². The van der Waals surface area contributed by atoms with Crippen LogP contribution in [0.15, 0.2) is 54.6 Å². The van der Waals surface area contributed by atoms with Crippen LogP contribution in [-0.4, -0.2) is 50.4 Å². The van der Waals surface area contributed by atoms with E-state index in [0.717, 1.165) is 55.9 Å². The van der Waals surface area contributed by atoms with Crippen LogP contribution in [0.3, 0.4) is 0 Å². The second-order valence-corrected chi connectivity index (χ2v) is 9.84. The van der Waals surface area contributed by atoms with Crippen molar-refractivity contribution in [3.63, 3.8) is 0 Å². The van der Waals surface area contributed by atoms with Crippen LogP contribution in [-0.2, 0) is 19.4 Å². The Bertz CT molecular complexity index is 1200. The summed E-state index contributed by atoms with van der Waals surface area (Å²) >= 11 is 0. The monoisotopic (exact) mass is 506 g/mol. The first-order valence-corrected chi connectivity index (χ1v) is 13.2. The molecule has 0 fully saturated rings. The van der Waals surface area contributed by atoms with Gasteiger partial charge in [0.15, 0.2) is 11.6 Å². The fraction of sp³-hybridized carbons (Fsp3) is 0.419. The van der Waals surface area contributed by atoms with Gasteiger partial charge in [0.05, 0.1) is 7.11 Å². The van der Waals surface area contributed by atoms with Crippen molar-refractivity contribution in [2.45, 2.75) is 45.6 Å². The van der Waals surface area contributed by atoms with Crippen LogP contribution in [0.4, 0.5) is 10.1 Å². The van der Waals surface area contributed by atoms with Crippen molar-refractivity contribution < 1.29 is 19.0 Å². The summed E-state index contributed by atoms with van der Waals surface area (Å²) in [5.74, 6) is 1.47. The molecule has 0 bridgehead atoms. The van der Waals surface area contributed by atoms with E-state index in [1.54, 1.807) is 25.3 Å². The third-order valence-electron chi connectivity index (χ3n) is 7.46. The lowest BCUT2D eigenvalue weighted by Crippen LogP contribution is -2.25. The number of likely N-dealkylation sites (N-methyl/N-ethyl adjacent to an activating group) is 1. The molecule has 0 saturated carbocycles. The molecule has 0 aromatic heterocycles. The highest BCUT2D eigenvalue weighted by atomic mass is 19.1. The number of anilines is 1. The SMILES string of the molecule is CCN(C)CCOc1ccc(CN(CC)c2cc(OC)ccc2[C@@H]2CCc3cc(O)ccc3C2)cc1F. The smallest absolute Gasteiger partial charge is 0.165 e. The van der Waals surface area contributed by atoms with E-state index in [9.17, 15) is 9.50 Å². The molecule has 0 spiro atoms. The van der Waals surface area contributed by atoms with E-state index in [-0.39, 0.29) is 5.82 Å². The Labute approximate surface area is 220 Å². The quantitative estimate of drug-likeness (QED) is 0.337. The largest absolute Gasteiger partial charge is 0.508 e. The third kappa shape index (κ3) is 6.55. The van der Waals surface area contributed by atoms with Crippen LogP contribution in [0.5, 0.6) is 17.2 Å². The second kappa shape index (κ2) is 12.3. The molecule has 0 heterocycles. The fourth-order valence-corrected chi connectivity index (χ4v) is 5.09. The van der Waals surface area contributed by atoms with E-state index in [1.165, 1.54) is 16.7 Å². The van der Waals surface area contributed by atoms with E-state index in [4.69, 9.17) is 9.47 Å². The molecule has 0 aliphatic heterocycles. The summed E-state index contributed by atoms with van der Waals surface area (Å²) in [5, 5.41) is 9.87. The first-order chi connectivity index (χ1) is 17.9. The van der Waals surface area contributed by atoms with Crippen LogP contribution >= 0.6 is 0 Å². The van der Waals surface area contributed by atoms with Crippen molar-refractivity contribution in [1.29, 1.82) is 0 Å². The molecule has 0 amide bonds. The number of aryl methyl sites for hydroxylation is 1. The van der Waals surface area contributed by atoms with Crippen molar-refractivity contribution in [2.24, 2.45) is 0 Å². The summed E-state index contributed by atoms with van der Waals surface area (Å²) in [7, 11) is 3.71. The van der Waals surface area contributed by atoms with Gasteiger partial charge in [-0.25, -0.2) is 4.39 Å². The number of hydrogen-bond donors (Lipinski definition) is 1. The molecule has 198 valence electrons. The van der Waals surface area contributed by atoms with Crippen LogP contribution in [0, 0.1) is 5.82 Å². The zero-order chi connectivity index (χ0) is 26.4. The van der Waals surface area contributed by atoms with Gasteiger partial charge in [0.1, 0.15) is 18.1 Å². The Kier molecular flexibility index (Phi) is 8.93. The van der Waals surface area contributed by atoms with Gasteiger partial charge >= 0.3 is 0 Å². The van der Waals surface area contributed by atoms with Gasteiger partial charge in [-0.05, 0) is 98.3 Å². The summed E-state index contributed by atoms with van der Waals surface area (Å²) in [5.41, 5.74) is 5.83. The first kappa shape index (κ1) is 26.8. The van der Waals surface area contributed by atoms with Gasteiger partial charge in [0.25, 0.3) is 0 Å². The van der Waals surface area contributed by atoms with Crippen molar-refractivity contribution in [3.05, 3.63) is 82.7 Å². The van der Waals surface area contributed by atoms with Crippen molar-refractivity contribution in [3.8, 4) is 17.2 Å². The molecule has 1 N–H and O–H groups in total. The number of hydrogen-bond acceptors (Lipinski definition) is 5. The Morgan fingerprint density at radius 1 is 1.00 bits per heavy atom. The highest BCUT2D eigenvalue weighted by Crippen LogP contribution is 2.40. The van der Waals surface area contributed by atoms with E-state index < -0.39 is 0 Å². The Hall–Kier alpha value is -3.25. The highest BCUT2D eigenvalue weighted by molar-refractivity contribution is 5.60. The maximum atomic E-state index is 14.9. The first-order valence-electron chi connectivity index (χ1n) is 13.2. The molecule has 1 atom stereocenters. The lowest BCUT2D eigenvalue weighted by molar-refractivity contribution is 0.236. The van der Waals surface area contributed by atoms with E-state index in [1.807, 2.05) is 31.3 Å². The second-order valence-electron chi connectivity index (χ2n) is 9.84. The molecule has 5 nitrogen and oxygen atoms in total. The third-order valence-corrected chi connectivity index (χ3v) is 7.46. The molecular weight excluding hydrogens is 467 g/mol. The number of phenols is 1. The summed E-state index contributed by atoms with van der Waals surface area (Å²) in [6, 6.07) is 17.3. The molecule has 4 rings (SSSR count). The number of aromatic hydroxyl groups is 1. The van der Waals surface area contributed by atoms with Gasteiger partial charge in [-0.3, -0.25) is 0 Å². The average molecular weight is 507 g/mol. The van der Waals surface area contributed by atoms with Gasteiger partial charge in [0, 0.05) is 31.4 Å².